The molecule has 2 aliphatic rings. The number of hydrogen-bond donors (Lipinski definition) is 0. The van der Waals surface area contributed by atoms with Crippen LogP contribution in [0.4, 0.5) is 0 Å². The maximum absolute atomic E-state index is 13.0. The Hall–Kier alpha value is -2.15. The van der Waals surface area contributed by atoms with Crippen molar-refractivity contribution >= 4 is 11.8 Å². The molecule has 1 aromatic heterocycles. The molecule has 3 heterocycles. The number of aryl methyl sites for hydroxylation is 1. The second kappa shape index (κ2) is 8.25. The van der Waals surface area contributed by atoms with Crippen molar-refractivity contribution in [1.82, 2.24) is 14.4 Å². The van der Waals surface area contributed by atoms with E-state index in [-0.39, 0.29) is 22.8 Å². The summed E-state index contributed by atoms with van der Waals surface area (Å²) in [6.45, 7) is 5.63. The zero-order chi connectivity index (χ0) is 19.4. The molecular weight excluding hydrogens is 346 g/mol. The number of ether oxygens (including phenoxy) is 1. The lowest BCUT2D eigenvalue weighted by atomic mass is 9.73. The van der Waals surface area contributed by atoms with Crippen LogP contribution in [-0.2, 0) is 16.1 Å². The van der Waals surface area contributed by atoms with Crippen LogP contribution in [0.2, 0.25) is 0 Å². The molecule has 0 unspecified atom stereocenters. The van der Waals surface area contributed by atoms with Gasteiger partial charge in [0.1, 0.15) is 0 Å². The van der Waals surface area contributed by atoms with Gasteiger partial charge >= 0.3 is 0 Å². The number of aromatic nitrogens is 1. The molecule has 2 amide bonds. The first kappa shape index (κ1) is 19.6. The van der Waals surface area contributed by atoms with Crippen molar-refractivity contribution in [3.05, 3.63) is 34.2 Å². The predicted octanol–water partition coefficient (Wildman–Crippen LogP) is 1.36. The molecule has 1 spiro atoms. The molecule has 7 nitrogen and oxygen atoms in total. The van der Waals surface area contributed by atoms with E-state index < -0.39 is 0 Å². The largest absolute Gasteiger partial charge is 0.383 e. The highest BCUT2D eigenvalue weighted by atomic mass is 16.5. The number of carbonyl (C=O) groups is 2. The summed E-state index contributed by atoms with van der Waals surface area (Å²) >= 11 is 0. The van der Waals surface area contributed by atoms with E-state index in [0.29, 0.717) is 51.3 Å². The van der Waals surface area contributed by atoms with Crippen LogP contribution in [0.1, 0.15) is 43.0 Å². The van der Waals surface area contributed by atoms with Gasteiger partial charge in [0.2, 0.25) is 5.91 Å². The van der Waals surface area contributed by atoms with Gasteiger partial charge < -0.3 is 19.1 Å². The third-order valence-electron chi connectivity index (χ3n) is 5.85. The topological polar surface area (TPSA) is 71.8 Å². The summed E-state index contributed by atoms with van der Waals surface area (Å²) in [6, 6.07) is 3.16. The highest BCUT2D eigenvalue weighted by Crippen LogP contribution is 2.39. The van der Waals surface area contributed by atoms with E-state index in [0.717, 1.165) is 19.3 Å². The van der Waals surface area contributed by atoms with Crippen molar-refractivity contribution in [2.75, 3.05) is 39.9 Å². The predicted molar refractivity (Wildman–Crippen MR) is 102 cm³/mol. The molecule has 0 saturated carbocycles. The molecule has 7 heteroatoms. The molecular formula is C20H29N3O4. The third kappa shape index (κ3) is 4.24. The Morgan fingerprint density at radius 1 is 1.26 bits per heavy atom. The van der Waals surface area contributed by atoms with Crippen LogP contribution in [0, 0.1) is 5.41 Å². The number of pyridine rings is 1. The molecule has 0 N–H and O–H groups in total. The molecule has 0 radical (unpaired) electrons. The molecule has 2 fully saturated rings. The van der Waals surface area contributed by atoms with Crippen molar-refractivity contribution in [2.45, 2.75) is 39.2 Å². The lowest BCUT2D eigenvalue weighted by Crippen LogP contribution is -2.55. The van der Waals surface area contributed by atoms with Gasteiger partial charge in [-0.3, -0.25) is 14.4 Å². The smallest absolute Gasteiger partial charge is 0.254 e. The summed E-state index contributed by atoms with van der Waals surface area (Å²) < 4.78 is 6.70. The molecule has 0 aromatic carbocycles. The summed E-state index contributed by atoms with van der Waals surface area (Å²) in [5, 5.41) is 0. The molecule has 2 aliphatic heterocycles. The Labute approximate surface area is 159 Å². The van der Waals surface area contributed by atoms with Crippen molar-refractivity contribution in [3.8, 4) is 0 Å². The van der Waals surface area contributed by atoms with Crippen LogP contribution >= 0.6 is 0 Å². The number of carbonyl (C=O) groups excluding carboxylic acids is 2. The fraction of sp³-hybridized carbons (Fsp3) is 0.650. The fourth-order valence-electron chi connectivity index (χ4n) is 4.31. The van der Waals surface area contributed by atoms with E-state index in [9.17, 15) is 14.4 Å². The minimum absolute atomic E-state index is 0.0477. The van der Waals surface area contributed by atoms with Crippen LogP contribution in [0.3, 0.4) is 0 Å². The fourth-order valence-corrected chi connectivity index (χ4v) is 4.31. The highest BCUT2D eigenvalue weighted by Gasteiger charge is 2.42. The van der Waals surface area contributed by atoms with E-state index in [1.807, 2.05) is 16.7 Å². The summed E-state index contributed by atoms with van der Waals surface area (Å²) in [5.41, 5.74) is 0.252. The minimum atomic E-state index is -0.149. The minimum Gasteiger partial charge on any atom is -0.383 e. The number of rotatable bonds is 5. The zero-order valence-electron chi connectivity index (χ0n) is 16.3. The first-order valence-electron chi connectivity index (χ1n) is 9.74. The summed E-state index contributed by atoms with van der Waals surface area (Å²) in [4.78, 5) is 41.0. The van der Waals surface area contributed by atoms with E-state index in [1.165, 1.54) is 6.07 Å². The Morgan fingerprint density at radius 2 is 2.07 bits per heavy atom. The number of hydrogen-bond acceptors (Lipinski definition) is 4. The van der Waals surface area contributed by atoms with Crippen molar-refractivity contribution in [3.63, 3.8) is 0 Å². The maximum atomic E-state index is 13.0. The standard InChI is InChI=1S/C20H29N3O4/c1-3-21-10-6-16(13-18(21)25)19(26)23-9-4-7-20(15-23)8-5-17(24)22(14-20)11-12-27-2/h6,10,13H,3-5,7-9,11-12,14-15H2,1-2H3/t20-/m0/s1. The average molecular weight is 375 g/mol. The van der Waals surface area contributed by atoms with Gasteiger partial charge in [0.05, 0.1) is 6.61 Å². The number of amides is 2. The lowest BCUT2D eigenvalue weighted by molar-refractivity contribution is -0.139. The number of methoxy groups -OCH3 is 1. The first-order valence-corrected chi connectivity index (χ1v) is 9.74. The normalized spacial score (nSPS) is 23.1. The molecule has 27 heavy (non-hydrogen) atoms. The van der Waals surface area contributed by atoms with Crippen LogP contribution < -0.4 is 5.56 Å². The monoisotopic (exact) mass is 375 g/mol. The Morgan fingerprint density at radius 3 is 2.78 bits per heavy atom. The van der Waals surface area contributed by atoms with Gasteiger partial charge in [0, 0.05) is 69.5 Å². The zero-order valence-corrected chi connectivity index (χ0v) is 16.3. The van der Waals surface area contributed by atoms with Crippen LogP contribution in [0.5, 0.6) is 0 Å². The second-order valence-electron chi connectivity index (χ2n) is 7.68. The van der Waals surface area contributed by atoms with Gasteiger partial charge in [0.15, 0.2) is 0 Å². The van der Waals surface area contributed by atoms with E-state index in [1.54, 1.807) is 23.9 Å². The average Bonchev–Trinajstić information content (AvgIpc) is 2.68. The van der Waals surface area contributed by atoms with Gasteiger partial charge in [0.25, 0.3) is 11.5 Å². The van der Waals surface area contributed by atoms with Gasteiger partial charge in [-0.1, -0.05) is 0 Å². The SMILES string of the molecule is CCn1ccc(C(=O)N2CCC[C@@]3(CCC(=O)N(CCOC)C3)C2)cc1=O. The van der Waals surface area contributed by atoms with Crippen molar-refractivity contribution in [2.24, 2.45) is 5.41 Å². The molecule has 148 valence electrons. The summed E-state index contributed by atoms with van der Waals surface area (Å²) in [6.07, 6.45) is 4.96. The lowest BCUT2D eigenvalue weighted by Gasteiger charge is -2.48. The number of likely N-dealkylation sites (tertiary alicyclic amines) is 2. The van der Waals surface area contributed by atoms with Crippen molar-refractivity contribution < 1.29 is 14.3 Å². The van der Waals surface area contributed by atoms with Gasteiger partial charge in [-0.25, -0.2) is 0 Å². The number of piperidine rings is 2. The third-order valence-corrected chi connectivity index (χ3v) is 5.85. The molecule has 0 bridgehead atoms. The molecule has 2 saturated heterocycles. The second-order valence-corrected chi connectivity index (χ2v) is 7.68. The van der Waals surface area contributed by atoms with Gasteiger partial charge in [-0.15, -0.1) is 0 Å². The highest BCUT2D eigenvalue weighted by molar-refractivity contribution is 5.94. The van der Waals surface area contributed by atoms with Crippen LogP contribution in [-0.4, -0.2) is 66.1 Å². The van der Waals surface area contributed by atoms with E-state index in [4.69, 9.17) is 4.74 Å². The Kier molecular flexibility index (Phi) is 5.99. The molecule has 0 aliphatic carbocycles. The number of nitrogens with zero attached hydrogens (tertiary/aromatic N) is 3. The Bertz CT molecular complexity index is 760. The molecule has 3 rings (SSSR count). The maximum Gasteiger partial charge on any atom is 0.254 e. The van der Waals surface area contributed by atoms with E-state index in [2.05, 4.69) is 0 Å². The molecule has 1 atom stereocenters. The Balaban J connectivity index is 1.73. The van der Waals surface area contributed by atoms with Gasteiger partial charge in [-0.2, -0.15) is 0 Å². The quantitative estimate of drug-likeness (QED) is 0.779. The van der Waals surface area contributed by atoms with E-state index >= 15 is 0 Å². The van der Waals surface area contributed by atoms with Crippen LogP contribution in [0.25, 0.3) is 0 Å². The first-order chi connectivity index (χ1) is 13.0. The van der Waals surface area contributed by atoms with Crippen LogP contribution in [0.15, 0.2) is 23.1 Å². The van der Waals surface area contributed by atoms with Crippen molar-refractivity contribution in [1.29, 1.82) is 0 Å². The summed E-state index contributed by atoms with van der Waals surface area (Å²) in [5.74, 6) is 0.0825. The molecule has 1 aromatic rings. The summed E-state index contributed by atoms with van der Waals surface area (Å²) in [7, 11) is 1.64. The van der Waals surface area contributed by atoms with Gasteiger partial charge in [-0.05, 0) is 32.3 Å².